The van der Waals surface area contributed by atoms with Crippen molar-refractivity contribution in [2.75, 3.05) is 14.2 Å². The Morgan fingerprint density at radius 2 is 1.35 bits per heavy atom. The van der Waals surface area contributed by atoms with Crippen LogP contribution in [0.3, 0.4) is 0 Å². The highest BCUT2D eigenvalue weighted by Gasteiger charge is 2.06. The topological polar surface area (TPSA) is 18.5 Å². The third kappa shape index (κ3) is 11.3. The van der Waals surface area contributed by atoms with Gasteiger partial charge >= 0.3 is 0 Å². The first kappa shape index (κ1) is 26.0. The normalized spacial score (nSPS) is 10.3. The molecule has 2 heteroatoms. The van der Waals surface area contributed by atoms with Crippen molar-refractivity contribution in [3.05, 3.63) is 72.3 Å². The summed E-state index contributed by atoms with van der Waals surface area (Å²) in [6, 6.07) is 0. The van der Waals surface area contributed by atoms with Crippen molar-refractivity contribution in [3.8, 4) is 0 Å². The average molecular weight is 321 g/mol. The van der Waals surface area contributed by atoms with E-state index >= 15 is 0 Å². The van der Waals surface area contributed by atoms with Gasteiger partial charge in [-0.2, -0.15) is 0 Å². The summed E-state index contributed by atoms with van der Waals surface area (Å²) >= 11 is 0. The van der Waals surface area contributed by atoms with E-state index in [4.69, 9.17) is 9.47 Å². The van der Waals surface area contributed by atoms with E-state index in [1.807, 2.05) is 53.7 Å². The molecule has 0 atom stereocenters. The predicted molar refractivity (Wildman–Crippen MR) is 105 cm³/mol. The molecule has 132 valence electrons. The fourth-order valence-corrected chi connectivity index (χ4v) is 1.46. The largest absolute Gasteiger partial charge is 0.497 e. The van der Waals surface area contributed by atoms with Gasteiger partial charge in [-0.3, -0.25) is 0 Å². The summed E-state index contributed by atoms with van der Waals surface area (Å²) in [5, 5.41) is 0. The van der Waals surface area contributed by atoms with Crippen molar-refractivity contribution in [2.45, 2.75) is 48.0 Å². The Morgan fingerprint density at radius 1 is 0.870 bits per heavy atom. The lowest BCUT2D eigenvalue weighted by Gasteiger charge is -2.12. The standard InChI is InChI=1S/C17H24O2.2C2H6/c1-9-16(11-14(5)18-7)15(6)13(4)10-17(19-8)12(2)3;2*1-2/h10-11H,2,4-6,9H2,1,3,7-8H3;2*1-2H3/b16-11-,17-10+;;. The molecule has 0 heterocycles. The van der Waals surface area contributed by atoms with Gasteiger partial charge in [-0.1, -0.05) is 60.9 Å². The van der Waals surface area contributed by atoms with Gasteiger partial charge in [-0.25, -0.2) is 0 Å². The summed E-state index contributed by atoms with van der Waals surface area (Å²) in [4.78, 5) is 0. The van der Waals surface area contributed by atoms with Crippen LogP contribution >= 0.6 is 0 Å². The van der Waals surface area contributed by atoms with Crippen LogP contribution in [0.1, 0.15) is 48.0 Å². The Labute approximate surface area is 144 Å². The molecule has 0 saturated carbocycles. The van der Waals surface area contributed by atoms with Crippen LogP contribution in [-0.4, -0.2) is 14.2 Å². The molecule has 23 heavy (non-hydrogen) atoms. The number of ether oxygens (including phenoxy) is 2. The number of hydrogen-bond donors (Lipinski definition) is 0. The second kappa shape index (κ2) is 16.4. The van der Waals surface area contributed by atoms with Gasteiger partial charge in [0, 0.05) is 0 Å². The number of allylic oxidation sites excluding steroid dienone is 6. The summed E-state index contributed by atoms with van der Waals surface area (Å²) < 4.78 is 10.3. The van der Waals surface area contributed by atoms with E-state index in [1.54, 1.807) is 14.2 Å². The average Bonchev–Trinajstić information content (AvgIpc) is 2.59. The highest BCUT2D eigenvalue weighted by Crippen LogP contribution is 2.23. The van der Waals surface area contributed by atoms with Crippen LogP contribution in [0.15, 0.2) is 72.3 Å². The van der Waals surface area contributed by atoms with Gasteiger partial charge < -0.3 is 9.47 Å². The van der Waals surface area contributed by atoms with Crippen molar-refractivity contribution >= 4 is 0 Å². The zero-order valence-corrected chi connectivity index (χ0v) is 16.5. The first-order valence-corrected chi connectivity index (χ1v) is 8.10. The molecule has 0 aromatic heterocycles. The van der Waals surface area contributed by atoms with Gasteiger partial charge in [-0.15, -0.1) is 0 Å². The second-order valence-electron chi connectivity index (χ2n) is 4.19. The lowest BCUT2D eigenvalue weighted by Crippen LogP contribution is -1.95. The van der Waals surface area contributed by atoms with Crippen LogP contribution in [0.25, 0.3) is 0 Å². The van der Waals surface area contributed by atoms with Gasteiger partial charge in [0.2, 0.25) is 0 Å². The molecule has 0 rings (SSSR count). The molecule has 0 amide bonds. The van der Waals surface area contributed by atoms with Crippen LogP contribution in [0.4, 0.5) is 0 Å². The molecule has 0 aliphatic heterocycles. The van der Waals surface area contributed by atoms with Crippen LogP contribution in [0.5, 0.6) is 0 Å². The van der Waals surface area contributed by atoms with Crippen LogP contribution in [0.2, 0.25) is 0 Å². The number of hydrogen-bond acceptors (Lipinski definition) is 2. The van der Waals surface area contributed by atoms with E-state index in [-0.39, 0.29) is 0 Å². The van der Waals surface area contributed by atoms with E-state index in [0.29, 0.717) is 11.5 Å². The van der Waals surface area contributed by atoms with Gasteiger partial charge in [0.1, 0.15) is 11.5 Å². The lowest BCUT2D eigenvalue weighted by molar-refractivity contribution is 0.301. The maximum absolute atomic E-state index is 5.25. The molecule has 0 saturated heterocycles. The summed E-state index contributed by atoms with van der Waals surface area (Å²) in [5.41, 5.74) is 3.51. The van der Waals surface area contributed by atoms with Gasteiger partial charge in [0.05, 0.1) is 14.2 Å². The minimum atomic E-state index is 0.599. The van der Waals surface area contributed by atoms with E-state index in [1.165, 1.54) is 0 Å². The smallest absolute Gasteiger partial charge is 0.121 e. The Bertz CT molecular complexity index is 448. The summed E-state index contributed by atoms with van der Waals surface area (Å²) in [5.74, 6) is 1.30. The Balaban J connectivity index is -0.000000919. The maximum Gasteiger partial charge on any atom is 0.121 e. The maximum atomic E-state index is 5.25. The van der Waals surface area contributed by atoms with E-state index < -0.39 is 0 Å². The number of rotatable bonds is 8. The lowest BCUT2D eigenvalue weighted by atomic mass is 9.97. The van der Waals surface area contributed by atoms with Crippen molar-refractivity contribution in [3.63, 3.8) is 0 Å². The fraction of sp³-hybridized carbons (Fsp3) is 0.429. The van der Waals surface area contributed by atoms with Crippen LogP contribution in [-0.2, 0) is 9.47 Å². The van der Waals surface area contributed by atoms with Gasteiger partial charge in [0.25, 0.3) is 0 Å². The van der Waals surface area contributed by atoms with Crippen molar-refractivity contribution in [1.82, 2.24) is 0 Å². The predicted octanol–water partition coefficient (Wildman–Crippen LogP) is 6.75. The third-order valence-corrected chi connectivity index (χ3v) is 2.70. The van der Waals surface area contributed by atoms with Crippen LogP contribution in [0, 0.1) is 0 Å². The molecule has 0 aromatic carbocycles. The number of methoxy groups -OCH3 is 2. The van der Waals surface area contributed by atoms with E-state index in [9.17, 15) is 0 Å². The molecule has 0 spiro atoms. The molecular formula is C21H36O2. The molecule has 0 aliphatic rings. The molecule has 0 aromatic rings. The molecule has 0 radical (unpaired) electrons. The molecule has 0 bridgehead atoms. The van der Waals surface area contributed by atoms with Crippen molar-refractivity contribution in [1.29, 1.82) is 0 Å². The molecule has 0 aliphatic carbocycles. The zero-order chi connectivity index (χ0) is 19.0. The van der Waals surface area contributed by atoms with Gasteiger partial charge in [0.15, 0.2) is 0 Å². The first-order valence-electron chi connectivity index (χ1n) is 8.10. The quantitative estimate of drug-likeness (QED) is 0.363. The Morgan fingerprint density at radius 3 is 1.65 bits per heavy atom. The van der Waals surface area contributed by atoms with Crippen LogP contribution < -0.4 is 0 Å². The summed E-state index contributed by atoms with van der Waals surface area (Å²) in [6.07, 6.45) is 4.53. The molecular weight excluding hydrogens is 284 g/mol. The SMILES string of the molecule is C=C(/C=C(/CC)C(=C)C(=C)/C=C(/OC)C(=C)C)OC.CC.CC. The van der Waals surface area contributed by atoms with Crippen molar-refractivity contribution < 1.29 is 9.47 Å². The Hall–Kier alpha value is -1.96. The molecule has 0 fully saturated rings. The van der Waals surface area contributed by atoms with E-state index in [2.05, 4.69) is 26.3 Å². The summed E-state index contributed by atoms with van der Waals surface area (Å²) in [7, 11) is 3.20. The third-order valence-electron chi connectivity index (χ3n) is 2.70. The van der Waals surface area contributed by atoms with Crippen molar-refractivity contribution in [2.24, 2.45) is 0 Å². The minimum absolute atomic E-state index is 0.599. The highest BCUT2D eigenvalue weighted by molar-refractivity contribution is 5.51. The first-order chi connectivity index (χ1) is 10.9. The molecule has 2 nitrogen and oxygen atoms in total. The molecule has 0 N–H and O–H groups in total. The monoisotopic (exact) mass is 320 g/mol. The Kier molecular flexibility index (Phi) is 18.5. The minimum Gasteiger partial charge on any atom is -0.497 e. The fourth-order valence-electron chi connectivity index (χ4n) is 1.46. The van der Waals surface area contributed by atoms with Gasteiger partial charge in [-0.05, 0) is 47.8 Å². The zero-order valence-electron chi connectivity index (χ0n) is 16.5. The highest BCUT2D eigenvalue weighted by atomic mass is 16.5. The van der Waals surface area contributed by atoms with E-state index in [0.717, 1.165) is 28.7 Å². The molecule has 0 unspecified atom stereocenters. The summed E-state index contributed by atoms with van der Waals surface area (Å²) in [6.45, 7) is 27.7. The second-order valence-corrected chi connectivity index (χ2v) is 4.19.